The first kappa shape index (κ1) is 26.0. The molecule has 1 saturated carbocycles. The standard InChI is InChI=1S/C17H21NO2.C4H8.2C2H6/c1-13(2)15-10-17(8-9-17)12-18(15)16(19)20-11-14-6-4-3-5-7-14;1-3-4-2;2*1-2/h3-7,15H,1,8-12H2,2H3;3-4H,1-2H3;2*1-2H3/b;4-3-;;. The van der Waals surface area contributed by atoms with Gasteiger partial charge in [0.2, 0.25) is 0 Å². The first-order chi connectivity index (χ1) is 13.5. The van der Waals surface area contributed by atoms with Crippen LogP contribution < -0.4 is 0 Å². The summed E-state index contributed by atoms with van der Waals surface area (Å²) < 4.78 is 5.46. The van der Waals surface area contributed by atoms with Crippen LogP contribution in [0.1, 0.15) is 73.3 Å². The van der Waals surface area contributed by atoms with E-state index in [1.54, 1.807) is 0 Å². The SMILES string of the molecule is C/C=C\C.C=C(C)C1CC2(CC2)CN1C(=O)OCc1ccccc1.CC.CC. The van der Waals surface area contributed by atoms with E-state index in [2.05, 4.69) is 6.58 Å². The lowest BCUT2D eigenvalue weighted by molar-refractivity contribution is 0.0950. The highest BCUT2D eigenvalue weighted by Gasteiger charge is 2.53. The number of ether oxygens (including phenoxy) is 1. The van der Waals surface area contributed by atoms with Crippen LogP contribution in [-0.2, 0) is 11.3 Å². The third kappa shape index (κ3) is 8.33. The molecule has 0 radical (unpaired) electrons. The van der Waals surface area contributed by atoms with Gasteiger partial charge in [-0.2, -0.15) is 0 Å². The van der Waals surface area contributed by atoms with E-state index in [9.17, 15) is 4.79 Å². The maximum atomic E-state index is 12.3. The van der Waals surface area contributed by atoms with Gasteiger partial charge in [0.15, 0.2) is 0 Å². The summed E-state index contributed by atoms with van der Waals surface area (Å²) in [4.78, 5) is 14.2. The molecule has 1 aromatic carbocycles. The lowest BCUT2D eigenvalue weighted by Crippen LogP contribution is -2.36. The number of carbonyl (C=O) groups excluding carboxylic acids is 1. The van der Waals surface area contributed by atoms with Gasteiger partial charge in [-0.05, 0) is 51.0 Å². The summed E-state index contributed by atoms with van der Waals surface area (Å²) in [6.07, 6.45) is 7.33. The number of hydrogen-bond donors (Lipinski definition) is 0. The second-order valence-electron chi connectivity index (χ2n) is 6.90. The molecule has 158 valence electrons. The highest BCUT2D eigenvalue weighted by molar-refractivity contribution is 5.69. The zero-order valence-electron chi connectivity index (χ0n) is 19.1. The Morgan fingerprint density at radius 1 is 1.14 bits per heavy atom. The van der Waals surface area contributed by atoms with E-state index in [0.29, 0.717) is 12.0 Å². The van der Waals surface area contributed by atoms with Crippen molar-refractivity contribution in [2.45, 2.75) is 80.4 Å². The molecule has 0 N–H and O–H groups in total. The predicted molar refractivity (Wildman–Crippen MR) is 121 cm³/mol. The Bertz CT molecular complexity index is 584. The number of amides is 1. The van der Waals surface area contributed by atoms with Crippen molar-refractivity contribution < 1.29 is 9.53 Å². The van der Waals surface area contributed by atoms with E-state index in [-0.39, 0.29) is 12.1 Å². The number of carbonyl (C=O) groups is 1. The molecule has 1 unspecified atom stereocenters. The van der Waals surface area contributed by atoms with Gasteiger partial charge in [0.1, 0.15) is 6.61 Å². The second kappa shape index (κ2) is 14.0. The fraction of sp³-hybridized carbons (Fsp3) is 0.560. The maximum Gasteiger partial charge on any atom is 0.410 e. The molecule has 1 heterocycles. The van der Waals surface area contributed by atoms with Gasteiger partial charge in [-0.3, -0.25) is 0 Å². The smallest absolute Gasteiger partial charge is 0.410 e. The summed E-state index contributed by atoms with van der Waals surface area (Å²) in [5.41, 5.74) is 2.45. The third-order valence-electron chi connectivity index (χ3n) is 4.81. The molecule has 3 heteroatoms. The molecule has 0 aromatic heterocycles. The van der Waals surface area contributed by atoms with Crippen LogP contribution in [0.3, 0.4) is 0 Å². The van der Waals surface area contributed by atoms with Crippen LogP contribution in [0.15, 0.2) is 54.6 Å². The van der Waals surface area contributed by atoms with Crippen LogP contribution >= 0.6 is 0 Å². The highest BCUT2D eigenvalue weighted by Crippen LogP contribution is 2.55. The summed E-state index contributed by atoms with van der Waals surface area (Å²) in [6, 6.07) is 9.95. The van der Waals surface area contributed by atoms with Crippen molar-refractivity contribution in [3.8, 4) is 0 Å². The van der Waals surface area contributed by atoms with Gasteiger partial charge in [-0.25, -0.2) is 4.79 Å². The van der Waals surface area contributed by atoms with Gasteiger partial charge < -0.3 is 9.64 Å². The molecule has 1 aromatic rings. The van der Waals surface area contributed by atoms with E-state index in [1.807, 2.05) is 95.8 Å². The van der Waals surface area contributed by atoms with E-state index in [1.165, 1.54) is 12.8 Å². The number of nitrogens with zero attached hydrogens (tertiary/aromatic N) is 1. The zero-order chi connectivity index (χ0) is 21.6. The lowest BCUT2D eigenvalue weighted by atomic mass is 10.00. The summed E-state index contributed by atoms with van der Waals surface area (Å²) in [5.74, 6) is 0. The molecular weight excluding hydrogens is 346 g/mol. The fourth-order valence-corrected chi connectivity index (χ4v) is 3.03. The van der Waals surface area contributed by atoms with Crippen molar-refractivity contribution in [3.05, 3.63) is 60.2 Å². The largest absolute Gasteiger partial charge is 0.445 e. The van der Waals surface area contributed by atoms with Gasteiger partial charge in [0.25, 0.3) is 0 Å². The lowest BCUT2D eigenvalue weighted by Gasteiger charge is -2.24. The Balaban J connectivity index is 0.000000797. The predicted octanol–water partition coefficient (Wildman–Crippen LogP) is 7.39. The third-order valence-corrected chi connectivity index (χ3v) is 4.81. The fourth-order valence-electron chi connectivity index (χ4n) is 3.03. The van der Waals surface area contributed by atoms with Crippen LogP contribution in [0, 0.1) is 5.41 Å². The molecule has 2 aliphatic rings. The summed E-state index contributed by atoms with van der Waals surface area (Å²) in [5, 5.41) is 0. The molecule has 1 aliphatic heterocycles. The molecule has 2 fully saturated rings. The van der Waals surface area contributed by atoms with Crippen molar-refractivity contribution in [1.29, 1.82) is 0 Å². The van der Waals surface area contributed by atoms with E-state index in [4.69, 9.17) is 4.74 Å². The first-order valence-corrected chi connectivity index (χ1v) is 10.7. The normalized spacial score (nSPS) is 18.1. The molecule has 1 saturated heterocycles. The number of allylic oxidation sites excluding steroid dienone is 2. The van der Waals surface area contributed by atoms with Crippen molar-refractivity contribution in [1.82, 2.24) is 4.90 Å². The van der Waals surface area contributed by atoms with E-state index >= 15 is 0 Å². The number of benzene rings is 1. The van der Waals surface area contributed by atoms with Crippen molar-refractivity contribution in [2.24, 2.45) is 5.41 Å². The number of likely N-dealkylation sites (tertiary alicyclic amines) is 1. The summed E-state index contributed by atoms with van der Waals surface area (Å²) in [7, 11) is 0. The molecule has 1 amide bonds. The van der Waals surface area contributed by atoms with Gasteiger partial charge >= 0.3 is 6.09 Å². The molecule has 1 atom stereocenters. The summed E-state index contributed by atoms with van der Waals surface area (Å²) >= 11 is 0. The Hall–Kier alpha value is -2.03. The quantitative estimate of drug-likeness (QED) is 0.506. The average molecular weight is 388 g/mol. The molecular formula is C25H41NO2. The maximum absolute atomic E-state index is 12.3. The van der Waals surface area contributed by atoms with Crippen molar-refractivity contribution >= 4 is 6.09 Å². The van der Waals surface area contributed by atoms with Crippen LogP contribution in [0.25, 0.3) is 0 Å². The average Bonchev–Trinajstić information content (AvgIpc) is 3.39. The summed E-state index contributed by atoms with van der Waals surface area (Å²) in [6.45, 7) is 19.2. The van der Waals surface area contributed by atoms with Crippen molar-refractivity contribution in [3.63, 3.8) is 0 Å². The molecule has 3 rings (SSSR count). The van der Waals surface area contributed by atoms with Gasteiger partial charge in [-0.15, -0.1) is 0 Å². The zero-order valence-corrected chi connectivity index (χ0v) is 19.1. The second-order valence-corrected chi connectivity index (χ2v) is 6.90. The number of hydrogen-bond acceptors (Lipinski definition) is 2. The minimum absolute atomic E-state index is 0.153. The molecule has 1 aliphatic carbocycles. The van der Waals surface area contributed by atoms with Crippen LogP contribution in [0.5, 0.6) is 0 Å². The Morgan fingerprint density at radius 2 is 1.68 bits per heavy atom. The van der Waals surface area contributed by atoms with Crippen LogP contribution in [0.4, 0.5) is 4.79 Å². The topological polar surface area (TPSA) is 29.5 Å². The van der Waals surface area contributed by atoms with Crippen LogP contribution in [0.2, 0.25) is 0 Å². The van der Waals surface area contributed by atoms with Gasteiger partial charge in [0, 0.05) is 6.54 Å². The van der Waals surface area contributed by atoms with Crippen molar-refractivity contribution in [2.75, 3.05) is 6.54 Å². The monoisotopic (exact) mass is 387 g/mol. The molecule has 3 nitrogen and oxygen atoms in total. The number of rotatable bonds is 3. The Morgan fingerprint density at radius 3 is 2.11 bits per heavy atom. The molecule has 0 bridgehead atoms. The van der Waals surface area contributed by atoms with E-state index < -0.39 is 0 Å². The molecule has 1 spiro atoms. The molecule has 28 heavy (non-hydrogen) atoms. The minimum atomic E-state index is -0.203. The minimum Gasteiger partial charge on any atom is -0.445 e. The van der Waals surface area contributed by atoms with Gasteiger partial charge in [-0.1, -0.05) is 82.3 Å². The van der Waals surface area contributed by atoms with E-state index in [0.717, 1.165) is 24.1 Å². The van der Waals surface area contributed by atoms with Crippen LogP contribution in [-0.4, -0.2) is 23.6 Å². The Kier molecular flexibility index (Phi) is 13.0. The highest BCUT2D eigenvalue weighted by atomic mass is 16.6. The Labute approximate surface area is 173 Å². The van der Waals surface area contributed by atoms with Gasteiger partial charge in [0.05, 0.1) is 6.04 Å². The first-order valence-electron chi connectivity index (χ1n) is 10.7.